The molecule has 0 aliphatic carbocycles. The number of hydrogen-bond acceptors (Lipinski definition) is 4. The minimum Gasteiger partial charge on any atom is -0.477 e. The first-order valence-electron chi connectivity index (χ1n) is 6.84. The summed E-state index contributed by atoms with van der Waals surface area (Å²) in [5, 5.41) is 18.8. The van der Waals surface area contributed by atoms with Gasteiger partial charge in [0.15, 0.2) is 0 Å². The van der Waals surface area contributed by atoms with Crippen LogP contribution in [0, 0.1) is 5.82 Å². The number of aliphatic hydroxyl groups is 1. The number of carbonyl (C=O) groups is 1. The highest BCUT2D eigenvalue weighted by Crippen LogP contribution is 2.34. The number of aromatic carboxylic acids is 1. The summed E-state index contributed by atoms with van der Waals surface area (Å²) in [5.74, 6) is -1.43. The molecule has 1 heterocycles. The maximum atomic E-state index is 14.1. The van der Waals surface area contributed by atoms with Crippen molar-refractivity contribution in [3.63, 3.8) is 0 Å². The molecule has 21 heavy (non-hydrogen) atoms. The Balaban J connectivity index is 2.49. The Morgan fingerprint density at radius 3 is 2.76 bits per heavy atom. The van der Waals surface area contributed by atoms with Crippen molar-refractivity contribution in [3.8, 4) is 0 Å². The molecular weight excluding hydrogens is 293 g/mol. The van der Waals surface area contributed by atoms with Crippen LogP contribution in [0.1, 0.15) is 28.6 Å². The van der Waals surface area contributed by atoms with Crippen molar-refractivity contribution >= 4 is 27.4 Å². The van der Waals surface area contributed by atoms with E-state index in [1.165, 1.54) is 6.07 Å². The van der Waals surface area contributed by atoms with Gasteiger partial charge in [0.05, 0.1) is 6.61 Å². The van der Waals surface area contributed by atoms with Crippen LogP contribution in [0.3, 0.4) is 0 Å². The van der Waals surface area contributed by atoms with E-state index in [-0.39, 0.29) is 11.5 Å². The zero-order valence-electron chi connectivity index (χ0n) is 11.8. The normalized spacial score (nSPS) is 11.4. The van der Waals surface area contributed by atoms with Crippen molar-refractivity contribution in [2.24, 2.45) is 0 Å². The van der Waals surface area contributed by atoms with Crippen molar-refractivity contribution in [2.45, 2.75) is 19.9 Å². The highest BCUT2D eigenvalue weighted by atomic mass is 32.1. The molecule has 0 fully saturated rings. The maximum Gasteiger partial charge on any atom is 0.346 e. The van der Waals surface area contributed by atoms with E-state index < -0.39 is 11.8 Å². The summed E-state index contributed by atoms with van der Waals surface area (Å²) in [6, 6.07) is 4.66. The van der Waals surface area contributed by atoms with Gasteiger partial charge in [-0.3, -0.25) is 4.90 Å². The van der Waals surface area contributed by atoms with Crippen LogP contribution in [0.4, 0.5) is 4.39 Å². The molecule has 0 atom stereocenters. The Morgan fingerprint density at radius 2 is 2.14 bits per heavy atom. The van der Waals surface area contributed by atoms with Gasteiger partial charge in [-0.2, -0.15) is 0 Å². The molecule has 0 saturated heterocycles. The van der Waals surface area contributed by atoms with Gasteiger partial charge in [0, 0.05) is 28.7 Å². The van der Waals surface area contributed by atoms with E-state index in [4.69, 9.17) is 5.11 Å². The van der Waals surface area contributed by atoms with Crippen LogP contribution >= 0.6 is 11.3 Å². The molecule has 114 valence electrons. The number of thiophene rings is 1. The highest BCUT2D eigenvalue weighted by Gasteiger charge is 2.21. The Morgan fingerprint density at radius 1 is 1.38 bits per heavy atom. The molecule has 0 unspecified atom stereocenters. The van der Waals surface area contributed by atoms with E-state index in [2.05, 4.69) is 0 Å². The number of benzene rings is 1. The number of fused-ring (bicyclic) bond motifs is 1. The van der Waals surface area contributed by atoms with Crippen LogP contribution in [0.15, 0.2) is 18.2 Å². The molecule has 2 rings (SSSR count). The van der Waals surface area contributed by atoms with Gasteiger partial charge in [-0.15, -0.1) is 11.3 Å². The SMILES string of the molecule is CCCN(CCO)Cc1c(C(=O)O)sc2cccc(F)c12. The fourth-order valence-electron chi connectivity index (χ4n) is 2.44. The molecule has 2 aromatic rings. The highest BCUT2D eigenvalue weighted by molar-refractivity contribution is 7.21. The smallest absolute Gasteiger partial charge is 0.346 e. The average Bonchev–Trinajstić information content (AvgIpc) is 2.80. The Kier molecular flexibility index (Phi) is 5.27. The van der Waals surface area contributed by atoms with E-state index in [0.29, 0.717) is 28.7 Å². The van der Waals surface area contributed by atoms with E-state index in [0.717, 1.165) is 24.3 Å². The van der Waals surface area contributed by atoms with Gasteiger partial charge < -0.3 is 10.2 Å². The summed E-state index contributed by atoms with van der Waals surface area (Å²) in [7, 11) is 0. The summed E-state index contributed by atoms with van der Waals surface area (Å²) < 4.78 is 14.7. The van der Waals surface area contributed by atoms with Crippen molar-refractivity contribution in [1.82, 2.24) is 4.90 Å². The molecule has 0 radical (unpaired) electrons. The molecule has 2 N–H and O–H groups in total. The first kappa shape index (κ1) is 15.9. The van der Waals surface area contributed by atoms with Crippen LogP contribution in [-0.2, 0) is 6.54 Å². The number of hydrogen-bond donors (Lipinski definition) is 2. The number of halogens is 1. The lowest BCUT2D eigenvalue weighted by molar-refractivity contribution is 0.0700. The topological polar surface area (TPSA) is 60.8 Å². The standard InChI is InChI=1S/C15H18FNO3S/c1-2-6-17(7-8-18)9-10-13-11(16)4-3-5-12(13)21-14(10)15(19)20/h3-5,18H,2,6-9H2,1H3,(H,19,20). The molecule has 4 nitrogen and oxygen atoms in total. The molecule has 6 heteroatoms. The van der Waals surface area contributed by atoms with Gasteiger partial charge in [0.1, 0.15) is 10.7 Å². The second-order valence-corrected chi connectivity index (χ2v) is 5.88. The zero-order valence-corrected chi connectivity index (χ0v) is 12.6. The van der Waals surface area contributed by atoms with Crippen LogP contribution in [0.2, 0.25) is 0 Å². The second kappa shape index (κ2) is 6.98. The predicted molar refractivity (Wildman–Crippen MR) is 81.4 cm³/mol. The first-order valence-corrected chi connectivity index (χ1v) is 7.66. The van der Waals surface area contributed by atoms with Crippen molar-refractivity contribution in [2.75, 3.05) is 19.7 Å². The lowest BCUT2D eigenvalue weighted by atomic mass is 10.1. The van der Waals surface area contributed by atoms with Gasteiger partial charge in [-0.1, -0.05) is 13.0 Å². The van der Waals surface area contributed by atoms with Crippen molar-refractivity contribution in [3.05, 3.63) is 34.5 Å². The van der Waals surface area contributed by atoms with Gasteiger partial charge in [-0.05, 0) is 25.1 Å². The molecular formula is C15H18FNO3S. The number of nitrogens with zero attached hydrogens (tertiary/aromatic N) is 1. The van der Waals surface area contributed by atoms with Gasteiger partial charge in [0.25, 0.3) is 0 Å². The Hall–Kier alpha value is -1.50. The molecule has 0 aliphatic heterocycles. The van der Waals surface area contributed by atoms with E-state index in [1.807, 2.05) is 11.8 Å². The number of carboxylic acid groups (broad SMARTS) is 1. The molecule has 0 amide bonds. The summed E-state index contributed by atoms with van der Waals surface area (Å²) >= 11 is 1.10. The van der Waals surface area contributed by atoms with Crippen LogP contribution < -0.4 is 0 Å². The largest absolute Gasteiger partial charge is 0.477 e. The number of rotatable bonds is 7. The van der Waals surface area contributed by atoms with Crippen molar-refractivity contribution in [1.29, 1.82) is 0 Å². The van der Waals surface area contributed by atoms with Gasteiger partial charge in [0.2, 0.25) is 0 Å². The quantitative estimate of drug-likeness (QED) is 0.825. The summed E-state index contributed by atoms with van der Waals surface area (Å²) in [5.41, 5.74) is 0.502. The lowest BCUT2D eigenvalue weighted by Gasteiger charge is -2.20. The van der Waals surface area contributed by atoms with Crippen LogP contribution in [-0.4, -0.2) is 40.8 Å². The van der Waals surface area contributed by atoms with Gasteiger partial charge in [-0.25, -0.2) is 9.18 Å². The zero-order chi connectivity index (χ0) is 15.4. The first-order chi connectivity index (χ1) is 10.1. The molecule has 0 spiro atoms. The monoisotopic (exact) mass is 311 g/mol. The third-order valence-corrected chi connectivity index (χ3v) is 4.48. The Labute approximate surface area is 126 Å². The summed E-state index contributed by atoms with van der Waals surface area (Å²) in [6.45, 7) is 3.50. The lowest BCUT2D eigenvalue weighted by Crippen LogP contribution is -2.27. The number of carboxylic acids is 1. The minimum atomic E-state index is -1.04. The third kappa shape index (κ3) is 3.40. The van der Waals surface area contributed by atoms with Crippen LogP contribution in [0.5, 0.6) is 0 Å². The molecule has 0 aliphatic rings. The van der Waals surface area contributed by atoms with Crippen LogP contribution in [0.25, 0.3) is 10.1 Å². The summed E-state index contributed by atoms with van der Waals surface area (Å²) in [4.78, 5) is 13.5. The fourth-order valence-corrected chi connectivity index (χ4v) is 3.51. The third-order valence-electron chi connectivity index (χ3n) is 3.30. The van der Waals surface area contributed by atoms with E-state index >= 15 is 0 Å². The van der Waals surface area contributed by atoms with Crippen molar-refractivity contribution < 1.29 is 19.4 Å². The fraction of sp³-hybridized carbons (Fsp3) is 0.400. The molecule has 1 aromatic heterocycles. The number of aliphatic hydroxyl groups excluding tert-OH is 1. The summed E-state index contributed by atoms with van der Waals surface area (Å²) in [6.07, 6.45) is 0.882. The minimum absolute atomic E-state index is 0.00699. The molecule has 1 aromatic carbocycles. The molecule has 0 saturated carbocycles. The predicted octanol–water partition coefficient (Wildman–Crippen LogP) is 2.94. The maximum absolute atomic E-state index is 14.1. The van der Waals surface area contributed by atoms with Gasteiger partial charge >= 0.3 is 5.97 Å². The second-order valence-electron chi connectivity index (χ2n) is 4.83. The van der Waals surface area contributed by atoms with E-state index in [1.54, 1.807) is 12.1 Å². The Bertz CT molecular complexity index is 635. The molecule has 0 bridgehead atoms. The van der Waals surface area contributed by atoms with E-state index in [9.17, 15) is 14.3 Å². The average molecular weight is 311 g/mol.